The molecular formula is C21H22N4O2S. The zero-order chi connectivity index (χ0) is 19.7. The highest BCUT2D eigenvalue weighted by Gasteiger charge is 2.22. The van der Waals surface area contributed by atoms with Crippen molar-refractivity contribution in [1.29, 1.82) is 5.26 Å². The second kappa shape index (κ2) is 7.64. The Bertz CT molecular complexity index is 1080. The van der Waals surface area contributed by atoms with Gasteiger partial charge in [-0.25, -0.2) is 4.98 Å². The number of carbonyl (C=O) groups excluding carboxylic acids is 1. The lowest BCUT2D eigenvalue weighted by atomic mass is 10.1. The first-order chi connectivity index (χ1) is 13.5. The number of fused-ring (bicyclic) bond motifs is 2. The summed E-state index contributed by atoms with van der Waals surface area (Å²) in [6.45, 7) is 3.61. The molecule has 1 unspecified atom stereocenters. The average molecular weight is 395 g/mol. The fraction of sp³-hybridized carbons (Fsp3) is 0.381. The minimum Gasteiger partial charge on any atom is -0.441 e. The monoisotopic (exact) mass is 394 g/mol. The summed E-state index contributed by atoms with van der Waals surface area (Å²) < 4.78 is 5.48. The summed E-state index contributed by atoms with van der Waals surface area (Å²) in [4.78, 5) is 18.3. The van der Waals surface area contributed by atoms with Crippen molar-refractivity contribution in [2.24, 2.45) is 0 Å². The minimum absolute atomic E-state index is 0.163. The van der Waals surface area contributed by atoms with E-state index >= 15 is 0 Å². The molecule has 0 aliphatic heterocycles. The number of aromatic nitrogens is 1. The van der Waals surface area contributed by atoms with Crippen molar-refractivity contribution in [3.63, 3.8) is 0 Å². The van der Waals surface area contributed by atoms with Crippen LogP contribution in [0.25, 0.3) is 11.1 Å². The largest absolute Gasteiger partial charge is 0.441 e. The summed E-state index contributed by atoms with van der Waals surface area (Å²) in [7, 11) is 0. The average Bonchev–Trinajstić information content (AvgIpc) is 3.10. The molecule has 3 aromatic rings. The Morgan fingerprint density at radius 3 is 2.96 bits per heavy atom. The molecule has 7 heteroatoms. The molecule has 2 aromatic heterocycles. The van der Waals surface area contributed by atoms with Crippen LogP contribution >= 0.6 is 11.3 Å². The van der Waals surface area contributed by atoms with E-state index in [0.29, 0.717) is 16.5 Å². The number of thiophene rings is 1. The fourth-order valence-corrected chi connectivity index (χ4v) is 4.86. The molecule has 2 N–H and O–H groups in total. The van der Waals surface area contributed by atoms with Crippen LogP contribution in [-0.2, 0) is 17.6 Å². The summed E-state index contributed by atoms with van der Waals surface area (Å²) in [5, 5.41) is 16.5. The number of hydrogen-bond donors (Lipinski definition) is 2. The van der Waals surface area contributed by atoms with Crippen molar-refractivity contribution >= 4 is 39.0 Å². The predicted octanol–water partition coefficient (Wildman–Crippen LogP) is 4.78. The first kappa shape index (κ1) is 18.5. The van der Waals surface area contributed by atoms with Crippen LogP contribution in [0.3, 0.4) is 0 Å². The van der Waals surface area contributed by atoms with Gasteiger partial charge in [-0.2, -0.15) is 5.26 Å². The van der Waals surface area contributed by atoms with E-state index in [9.17, 15) is 10.1 Å². The molecule has 28 heavy (non-hydrogen) atoms. The molecular weight excluding hydrogens is 372 g/mol. The summed E-state index contributed by atoms with van der Waals surface area (Å²) in [5.41, 5.74) is 4.04. The normalized spacial score (nSPS) is 14.8. The third kappa shape index (κ3) is 3.60. The fourth-order valence-electron chi connectivity index (χ4n) is 3.62. The zero-order valence-corrected chi connectivity index (χ0v) is 16.8. The molecule has 0 saturated carbocycles. The van der Waals surface area contributed by atoms with Crippen LogP contribution in [0.5, 0.6) is 0 Å². The van der Waals surface area contributed by atoms with E-state index in [1.807, 2.05) is 18.2 Å². The number of anilines is 2. The van der Waals surface area contributed by atoms with Gasteiger partial charge >= 0.3 is 0 Å². The third-order valence-corrected chi connectivity index (χ3v) is 6.25. The van der Waals surface area contributed by atoms with Gasteiger partial charge in [0.2, 0.25) is 5.91 Å². The smallest absolute Gasteiger partial charge is 0.247 e. The van der Waals surface area contributed by atoms with Gasteiger partial charge in [-0.15, -0.1) is 11.3 Å². The Morgan fingerprint density at radius 2 is 2.14 bits per heavy atom. The van der Waals surface area contributed by atoms with Crippen molar-refractivity contribution < 1.29 is 9.21 Å². The lowest BCUT2D eigenvalue weighted by Crippen LogP contribution is -2.31. The van der Waals surface area contributed by atoms with Crippen LogP contribution in [0.2, 0.25) is 0 Å². The number of rotatable bonds is 4. The highest BCUT2D eigenvalue weighted by atomic mass is 32.1. The first-order valence-electron chi connectivity index (χ1n) is 9.54. The molecule has 1 amide bonds. The predicted molar refractivity (Wildman–Crippen MR) is 111 cm³/mol. The highest BCUT2D eigenvalue weighted by Crippen LogP contribution is 2.37. The van der Waals surface area contributed by atoms with Gasteiger partial charge in [-0.3, -0.25) is 4.79 Å². The van der Waals surface area contributed by atoms with Crippen LogP contribution in [-0.4, -0.2) is 16.9 Å². The van der Waals surface area contributed by atoms with Crippen LogP contribution in [0.15, 0.2) is 22.6 Å². The molecule has 144 valence electrons. The Morgan fingerprint density at radius 1 is 1.32 bits per heavy atom. The van der Waals surface area contributed by atoms with Crippen molar-refractivity contribution in [2.75, 3.05) is 10.6 Å². The zero-order valence-electron chi connectivity index (χ0n) is 16.0. The topological polar surface area (TPSA) is 91.0 Å². The Labute approximate surface area is 167 Å². The van der Waals surface area contributed by atoms with Crippen molar-refractivity contribution in [3.8, 4) is 6.07 Å². The number of nitriles is 1. The van der Waals surface area contributed by atoms with Crippen LogP contribution in [0.4, 0.5) is 10.7 Å². The maximum Gasteiger partial charge on any atom is 0.247 e. The number of aryl methyl sites for hydroxylation is 2. The molecule has 1 aliphatic carbocycles. The maximum atomic E-state index is 12.7. The second-order valence-electron chi connectivity index (χ2n) is 7.15. The van der Waals surface area contributed by atoms with E-state index < -0.39 is 6.04 Å². The molecule has 1 aromatic carbocycles. The van der Waals surface area contributed by atoms with Gasteiger partial charge < -0.3 is 15.1 Å². The summed E-state index contributed by atoms with van der Waals surface area (Å²) in [5.74, 6) is 0.448. The second-order valence-corrected chi connectivity index (χ2v) is 8.26. The number of benzene rings is 1. The number of amides is 1. The van der Waals surface area contributed by atoms with E-state index in [1.54, 1.807) is 25.2 Å². The number of oxazole rings is 1. The number of carbonyl (C=O) groups is 1. The highest BCUT2D eigenvalue weighted by molar-refractivity contribution is 7.16. The van der Waals surface area contributed by atoms with Crippen LogP contribution < -0.4 is 10.6 Å². The quantitative estimate of drug-likeness (QED) is 0.622. The lowest BCUT2D eigenvalue weighted by Gasteiger charge is -2.15. The van der Waals surface area contributed by atoms with Crippen molar-refractivity contribution in [2.45, 2.75) is 52.0 Å². The van der Waals surface area contributed by atoms with E-state index in [1.165, 1.54) is 11.3 Å². The van der Waals surface area contributed by atoms with E-state index in [4.69, 9.17) is 4.42 Å². The van der Waals surface area contributed by atoms with E-state index in [-0.39, 0.29) is 5.91 Å². The van der Waals surface area contributed by atoms with Gasteiger partial charge in [0, 0.05) is 17.5 Å². The summed E-state index contributed by atoms with van der Waals surface area (Å²) in [6.07, 6.45) is 5.37. The Hall–Kier alpha value is -2.85. The molecule has 1 aliphatic rings. The number of nitrogens with one attached hydrogen (secondary N) is 2. The standard InChI is InChI=1S/C21H22N4O2S/c1-12(23-14-8-9-18-17(10-14)24-13(2)27-18)20(26)25-21-16(11-22)15-6-4-3-5-7-19(15)28-21/h8-10,12,23H,3-7H2,1-2H3,(H,25,26). The summed E-state index contributed by atoms with van der Waals surface area (Å²) in [6, 6.07) is 7.42. The minimum atomic E-state index is -0.459. The number of nitrogens with zero attached hydrogens (tertiary/aromatic N) is 2. The maximum absolute atomic E-state index is 12.7. The SMILES string of the molecule is Cc1nc2cc(NC(C)C(=O)Nc3sc4c(c3C#N)CCCCC4)ccc2o1. The van der Waals surface area contributed by atoms with Gasteiger partial charge in [-0.1, -0.05) is 6.42 Å². The summed E-state index contributed by atoms with van der Waals surface area (Å²) >= 11 is 1.55. The molecule has 2 heterocycles. The molecule has 0 spiro atoms. The van der Waals surface area contributed by atoms with Gasteiger partial charge in [0.1, 0.15) is 22.6 Å². The van der Waals surface area contributed by atoms with E-state index in [2.05, 4.69) is 21.7 Å². The van der Waals surface area contributed by atoms with Crippen LogP contribution in [0.1, 0.15) is 48.1 Å². The van der Waals surface area contributed by atoms with Gasteiger partial charge in [0.05, 0.1) is 5.56 Å². The van der Waals surface area contributed by atoms with Crippen LogP contribution in [0, 0.1) is 18.3 Å². The Balaban J connectivity index is 1.49. The molecule has 1 atom stereocenters. The molecule has 0 radical (unpaired) electrons. The third-order valence-electron chi connectivity index (χ3n) is 5.04. The van der Waals surface area contributed by atoms with Gasteiger partial charge in [0.25, 0.3) is 0 Å². The van der Waals surface area contributed by atoms with E-state index in [0.717, 1.165) is 48.0 Å². The molecule has 0 saturated heterocycles. The Kier molecular flexibility index (Phi) is 5.05. The lowest BCUT2D eigenvalue weighted by molar-refractivity contribution is -0.116. The number of hydrogen-bond acceptors (Lipinski definition) is 6. The molecule has 0 bridgehead atoms. The molecule has 6 nitrogen and oxygen atoms in total. The van der Waals surface area contributed by atoms with Gasteiger partial charge in [-0.05, 0) is 56.4 Å². The van der Waals surface area contributed by atoms with Crippen molar-refractivity contribution in [3.05, 3.63) is 40.1 Å². The molecule has 4 rings (SSSR count). The van der Waals surface area contributed by atoms with Gasteiger partial charge in [0.15, 0.2) is 11.5 Å². The first-order valence-corrected chi connectivity index (χ1v) is 10.4. The van der Waals surface area contributed by atoms with Crippen molar-refractivity contribution in [1.82, 2.24) is 4.98 Å². The molecule has 0 fully saturated rings.